The lowest BCUT2D eigenvalue weighted by atomic mass is 10.7. The van der Waals surface area contributed by atoms with Gasteiger partial charge in [0.1, 0.15) is 19.3 Å². The van der Waals surface area contributed by atoms with E-state index >= 15 is 0 Å². The van der Waals surface area contributed by atoms with Crippen molar-refractivity contribution < 1.29 is 14.2 Å². The Morgan fingerprint density at radius 2 is 2.00 bits per heavy atom. The molecule has 0 atom stereocenters. The Morgan fingerprint density at radius 3 is 2.71 bits per heavy atom. The first kappa shape index (κ1) is 15.1. The lowest BCUT2D eigenvalue weighted by molar-refractivity contribution is 0.0528. The molecule has 0 amide bonds. The maximum absolute atomic E-state index is 5.44. The molecule has 2 rings (SSSR count). The highest BCUT2D eigenvalue weighted by Gasteiger charge is 2.08. The number of anilines is 1. The summed E-state index contributed by atoms with van der Waals surface area (Å²) < 4.78 is 17.0. The SMILES string of the molecule is CNc1nc(OCCOCCOC)nc(-n2cncn2)n1. The van der Waals surface area contributed by atoms with Crippen LogP contribution in [-0.2, 0) is 9.47 Å². The summed E-state index contributed by atoms with van der Waals surface area (Å²) in [4.78, 5) is 16.3. The zero-order chi connectivity index (χ0) is 14.9. The molecule has 2 aromatic heterocycles. The van der Waals surface area contributed by atoms with Gasteiger partial charge in [-0.05, 0) is 0 Å². The van der Waals surface area contributed by atoms with Crippen molar-refractivity contribution in [2.45, 2.75) is 0 Å². The summed E-state index contributed by atoms with van der Waals surface area (Å²) in [6, 6.07) is 0.190. The highest BCUT2D eigenvalue weighted by molar-refractivity contribution is 5.28. The molecule has 0 aliphatic heterocycles. The third kappa shape index (κ3) is 4.61. The van der Waals surface area contributed by atoms with Crippen LogP contribution in [0, 0.1) is 0 Å². The van der Waals surface area contributed by atoms with Gasteiger partial charge in [-0.15, -0.1) is 0 Å². The minimum atomic E-state index is 0.190. The number of hydrogen-bond acceptors (Lipinski definition) is 9. The van der Waals surface area contributed by atoms with Gasteiger partial charge < -0.3 is 19.5 Å². The van der Waals surface area contributed by atoms with Gasteiger partial charge in [0.05, 0.1) is 19.8 Å². The Morgan fingerprint density at radius 1 is 1.14 bits per heavy atom. The Bertz CT molecular complexity index is 535. The fourth-order valence-electron chi connectivity index (χ4n) is 1.37. The molecule has 2 aromatic rings. The van der Waals surface area contributed by atoms with E-state index in [9.17, 15) is 0 Å². The van der Waals surface area contributed by atoms with Crippen molar-refractivity contribution in [1.82, 2.24) is 29.7 Å². The summed E-state index contributed by atoms with van der Waals surface area (Å²) in [6.45, 7) is 1.81. The van der Waals surface area contributed by atoms with E-state index < -0.39 is 0 Å². The second-order valence-corrected chi connectivity index (χ2v) is 3.79. The van der Waals surface area contributed by atoms with Gasteiger partial charge in [-0.1, -0.05) is 0 Å². The van der Waals surface area contributed by atoms with Crippen molar-refractivity contribution in [3.63, 3.8) is 0 Å². The number of rotatable bonds is 9. The Labute approximate surface area is 121 Å². The normalized spacial score (nSPS) is 10.6. The van der Waals surface area contributed by atoms with Crippen LogP contribution < -0.4 is 10.1 Å². The topological polar surface area (TPSA) is 109 Å². The molecule has 0 spiro atoms. The van der Waals surface area contributed by atoms with E-state index in [1.165, 1.54) is 17.3 Å². The van der Waals surface area contributed by atoms with Crippen LogP contribution in [0.2, 0.25) is 0 Å². The fourth-order valence-corrected chi connectivity index (χ4v) is 1.37. The summed E-state index contributed by atoms with van der Waals surface area (Å²) >= 11 is 0. The van der Waals surface area contributed by atoms with E-state index in [1.807, 2.05) is 0 Å². The molecule has 0 radical (unpaired) electrons. The maximum atomic E-state index is 5.44. The minimum Gasteiger partial charge on any atom is -0.461 e. The molecule has 10 nitrogen and oxygen atoms in total. The van der Waals surface area contributed by atoms with Crippen molar-refractivity contribution in [2.75, 3.05) is 45.9 Å². The molecule has 0 aliphatic carbocycles. The molecular formula is C11H17N7O3. The van der Waals surface area contributed by atoms with Crippen LogP contribution in [0.5, 0.6) is 6.01 Å². The molecule has 0 aliphatic rings. The molecular weight excluding hydrogens is 278 g/mol. The van der Waals surface area contributed by atoms with Gasteiger partial charge in [0.15, 0.2) is 0 Å². The molecule has 0 aromatic carbocycles. The van der Waals surface area contributed by atoms with E-state index in [-0.39, 0.29) is 6.01 Å². The second kappa shape index (κ2) is 8.07. The summed E-state index contributed by atoms with van der Waals surface area (Å²) in [5, 5.41) is 6.80. The lowest BCUT2D eigenvalue weighted by Gasteiger charge is -2.08. The Hall–Kier alpha value is -2.33. The Balaban J connectivity index is 1.94. The number of ether oxygens (including phenoxy) is 3. The zero-order valence-corrected chi connectivity index (χ0v) is 11.9. The summed E-state index contributed by atoms with van der Waals surface area (Å²) in [7, 11) is 3.33. The number of aromatic nitrogens is 6. The van der Waals surface area contributed by atoms with Gasteiger partial charge in [-0.25, -0.2) is 4.98 Å². The molecule has 0 bridgehead atoms. The summed E-state index contributed by atoms with van der Waals surface area (Å²) in [5.41, 5.74) is 0. The van der Waals surface area contributed by atoms with Gasteiger partial charge in [0, 0.05) is 14.2 Å². The van der Waals surface area contributed by atoms with Crippen LogP contribution in [0.25, 0.3) is 5.95 Å². The van der Waals surface area contributed by atoms with E-state index in [1.54, 1.807) is 14.2 Å². The summed E-state index contributed by atoms with van der Waals surface area (Å²) in [6.07, 6.45) is 2.89. The summed E-state index contributed by atoms with van der Waals surface area (Å²) in [5.74, 6) is 0.702. The van der Waals surface area contributed by atoms with Gasteiger partial charge in [-0.2, -0.15) is 24.7 Å². The average Bonchev–Trinajstić information content (AvgIpc) is 3.05. The maximum Gasteiger partial charge on any atom is 0.323 e. The quantitative estimate of drug-likeness (QED) is 0.614. The Kier molecular flexibility index (Phi) is 5.79. The van der Waals surface area contributed by atoms with Crippen LogP contribution in [-0.4, -0.2) is 70.3 Å². The molecule has 0 unspecified atom stereocenters. The zero-order valence-electron chi connectivity index (χ0n) is 11.9. The number of methoxy groups -OCH3 is 1. The van der Waals surface area contributed by atoms with Crippen LogP contribution in [0.3, 0.4) is 0 Å². The first-order valence-corrected chi connectivity index (χ1v) is 6.32. The first-order valence-electron chi connectivity index (χ1n) is 6.32. The molecule has 0 saturated carbocycles. The molecule has 114 valence electrons. The van der Waals surface area contributed by atoms with E-state index in [4.69, 9.17) is 14.2 Å². The van der Waals surface area contributed by atoms with Crippen molar-refractivity contribution in [1.29, 1.82) is 0 Å². The standard InChI is InChI=1S/C11H17N7O3/c1-12-9-15-10(18-8-13-7-14-18)17-11(16-9)21-6-5-20-4-3-19-2/h7-8H,3-6H2,1-2H3,(H,12,15,16,17). The number of nitrogens with one attached hydrogen (secondary N) is 1. The van der Waals surface area contributed by atoms with Crippen molar-refractivity contribution in [3.05, 3.63) is 12.7 Å². The molecule has 2 heterocycles. The molecule has 10 heteroatoms. The van der Waals surface area contributed by atoms with Crippen molar-refractivity contribution in [3.8, 4) is 12.0 Å². The lowest BCUT2D eigenvalue weighted by Crippen LogP contribution is -2.13. The van der Waals surface area contributed by atoms with Crippen LogP contribution in [0.15, 0.2) is 12.7 Å². The molecule has 0 fully saturated rings. The van der Waals surface area contributed by atoms with E-state index in [0.29, 0.717) is 38.3 Å². The third-order valence-corrected chi connectivity index (χ3v) is 2.34. The van der Waals surface area contributed by atoms with E-state index in [0.717, 1.165) is 0 Å². The minimum absolute atomic E-state index is 0.190. The van der Waals surface area contributed by atoms with Crippen LogP contribution in [0.1, 0.15) is 0 Å². The van der Waals surface area contributed by atoms with Gasteiger partial charge >= 0.3 is 6.01 Å². The second-order valence-electron chi connectivity index (χ2n) is 3.79. The van der Waals surface area contributed by atoms with Gasteiger partial charge in [0.2, 0.25) is 5.95 Å². The van der Waals surface area contributed by atoms with Crippen LogP contribution >= 0.6 is 0 Å². The highest BCUT2D eigenvalue weighted by Crippen LogP contribution is 2.09. The average molecular weight is 295 g/mol. The largest absolute Gasteiger partial charge is 0.461 e. The van der Waals surface area contributed by atoms with Crippen molar-refractivity contribution >= 4 is 5.95 Å². The number of nitrogens with zero attached hydrogens (tertiary/aromatic N) is 6. The first-order chi connectivity index (χ1) is 10.3. The molecule has 1 N–H and O–H groups in total. The highest BCUT2D eigenvalue weighted by atomic mass is 16.5. The van der Waals surface area contributed by atoms with Gasteiger partial charge in [0.25, 0.3) is 5.95 Å². The molecule has 0 saturated heterocycles. The predicted molar refractivity (Wildman–Crippen MR) is 72.5 cm³/mol. The molecule has 21 heavy (non-hydrogen) atoms. The monoisotopic (exact) mass is 295 g/mol. The van der Waals surface area contributed by atoms with E-state index in [2.05, 4.69) is 30.4 Å². The van der Waals surface area contributed by atoms with Gasteiger partial charge in [-0.3, -0.25) is 0 Å². The van der Waals surface area contributed by atoms with Crippen molar-refractivity contribution in [2.24, 2.45) is 0 Å². The number of hydrogen-bond donors (Lipinski definition) is 1. The van der Waals surface area contributed by atoms with Crippen LogP contribution in [0.4, 0.5) is 5.95 Å². The third-order valence-electron chi connectivity index (χ3n) is 2.34. The smallest absolute Gasteiger partial charge is 0.323 e. The predicted octanol–water partition coefficient (Wildman–Crippen LogP) is -0.464. The fraction of sp³-hybridized carbons (Fsp3) is 0.545.